The molecule has 1 aliphatic heterocycles. The quantitative estimate of drug-likeness (QED) is 0.659. The molecule has 21 heavy (non-hydrogen) atoms. The van der Waals surface area contributed by atoms with E-state index in [1.165, 1.54) is 12.3 Å². The third-order valence-electron chi connectivity index (χ3n) is 3.54. The van der Waals surface area contributed by atoms with Crippen molar-refractivity contribution in [1.82, 2.24) is 4.98 Å². The van der Waals surface area contributed by atoms with Crippen molar-refractivity contribution in [3.8, 4) is 0 Å². The van der Waals surface area contributed by atoms with E-state index < -0.39 is 28.7 Å². The Morgan fingerprint density at radius 2 is 2.14 bits per heavy atom. The molecule has 2 rings (SSSR count). The highest BCUT2D eigenvalue weighted by Gasteiger charge is 2.44. The zero-order valence-corrected chi connectivity index (χ0v) is 12.1. The maximum Gasteiger partial charge on any atom is 0.293 e. The van der Waals surface area contributed by atoms with Crippen molar-refractivity contribution in [3.05, 3.63) is 34.1 Å². The monoisotopic (exact) mass is 294 g/mol. The number of aromatic nitrogens is 1. The highest BCUT2D eigenvalue weighted by molar-refractivity contribution is 5.85. The summed E-state index contributed by atoms with van der Waals surface area (Å²) in [5.41, 5.74) is -0.334. The van der Waals surface area contributed by atoms with E-state index in [4.69, 9.17) is 4.74 Å². The first-order valence-electron chi connectivity index (χ1n) is 6.66. The van der Waals surface area contributed by atoms with Crippen LogP contribution in [0.4, 0.5) is 5.69 Å². The maximum absolute atomic E-state index is 12.0. The molecule has 1 saturated heterocycles. The molecule has 1 aliphatic rings. The fourth-order valence-corrected chi connectivity index (χ4v) is 2.45. The average molecular weight is 294 g/mol. The zero-order chi connectivity index (χ0) is 15.8. The van der Waals surface area contributed by atoms with Gasteiger partial charge in [-0.3, -0.25) is 19.9 Å². The molecular formula is C14H18N2O5. The van der Waals surface area contributed by atoms with Gasteiger partial charge in [-0.2, -0.15) is 0 Å². The molecule has 0 spiro atoms. The topological polar surface area (TPSA) is 103 Å². The Hall–Kier alpha value is -1.86. The summed E-state index contributed by atoms with van der Waals surface area (Å²) in [6.07, 6.45) is -0.182. The van der Waals surface area contributed by atoms with Crippen LogP contribution in [0.3, 0.4) is 0 Å². The molecule has 0 saturated carbocycles. The Bertz CT molecular complexity index is 567. The van der Waals surface area contributed by atoms with Gasteiger partial charge in [0, 0.05) is 12.6 Å². The van der Waals surface area contributed by atoms with Crippen LogP contribution in [0, 0.1) is 15.5 Å². The number of aliphatic hydroxyl groups is 1. The van der Waals surface area contributed by atoms with Gasteiger partial charge in [0.05, 0.1) is 22.7 Å². The maximum atomic E-state index is 12.0. The number of carbonyl (C=O) groups is 1. The van der Waals surface area contributed by atoms with Crippen LogP contribution in [0.2, 0.25) is 0 Å². The number of Topliss-reactive ketones (excluding diaryl/α,β-unsaturated/α-hetero) is 1. The van der Waals surface area contributed by atoms with Crippen LogP contribution < -0.4 is 0 Å². The summed E-state index contributed by atoms with van der Waals surface area (Å²) < 4.78 is 5.81. The van der Waals surface area contributed by atoms with E-state index in [9.17, 15) is 20.0 Å². The van der Waals surface area contributed by atoms with Crippen LogP contribution in [-0.4, -0.2) is 33.0 Å². The van der Waals surface area contributed by atoms with E-state index >= 15 is 0 Å². The van der Waals surface area contributed by atoms with Gasteiger partial charge in [-0.25, -0.2) is 0 Å². The predicted octanol–water partition coefficient (Wildman–Crippen LogP) is 1.80. The number of hydrogen-bond donors (Lipinski definition) is 1. The number of ketones is 1. The first-order valence-corrected chi connectivity index (χ1v) is 6.66. The standard InChI is InChI=1S/C14H18N2O5/c1-14(2,3)13-12(18)10(17)6-11(21-13)8-4-5-15-7-9(8)16(19)20/h4-5,7,11-13,18H,6H2,1-3H3/t11-,12+,13+/m1/s1. The van der Waals surface area contributed by atoms with Crippen LogP contribution in [0.15, 0.2) is 18.5 Å². The summed E-state index contributed by atoms with van der Waals surface area (Å²) in [5.74, 6) is -0.364. The van der Waals surface area contributed by atoms with Crippen molar-refractivity contribution >= 4 is 11.5 Å². The van der Waals surface area contributed by atoms with E-state index in [-0.39, 0.29) is 17.9 Å². The lowest BCUT2D eigenvalue weighted by Gasteiger charge is -2.40. The molecule has 3 atom stereocenters. The second-order valence-electron chi connectivity index (χ2n) is 6.22. The van der Waals surface area contributed by atoms with Gasteiger partial charge in [0.2, 0.25) is 0 Å². The van der Waals surface area contributed by atoms with Gasteiger partial charge in [0.25, 0.3) is 5.69 Å². The average Bonchev–Trinajstić information content (AvgIpc) is 2.40. The minimum atomic E-state index is -1.21. The van der Waals surface area contributed by atoms with Gasteiger partial charge in [-0.1, -0.05) is 20.8 Å². The minimum absolute atomic E-state index is 0.0847. The molecule has 0 unspecified atom stereocenters. The molecule has 7 nitrogen and oxygen atoms in total. The third kappa shape index (κ3) is 3.08. The third-order valence-corrected chi connectivity index (χ3v) is 3.54. The number of hydrogen-bond acceptors (Lipinski definition) is 6. The van der Waals surface area contributed by atoms with Gasteiger partial charge in [0.15, 0.2) is 5.78 Å². The van der Waals surface area contributed by atoms with Gasteiger partial charge in [0.1, 0.15) is 12.3 Å². The van der Waals surface area contributed by atoms with Gasteiger partial charge in [-0.15, -0.1) is 0 Å². The number of rotatable bonds is 2. The normalized spacial score (nSPS) is 26.7. The van der Waals surface area contributed by atoms with Crippen LogP contribution >= 0.6 is 0 Å². The molecule has 1 N–H and O–H groups in total. The van der Waals surface area contributed by atoms with E-state index in [0.717, 1.165) is 6.20 Å². The predicted molar refractivity (Wildman–Crippen MR) is 73.6 cm³/mol. The Kier molecular flexibility index (Phi) is 4.06. The molecule has 0 aliphatic carbocycles. The lowest BCUT2D eigenvalue weighted by molar-refractivity contribution is -0.386. The largest absolute Gasteiger partial charge is 0.383 e. The van der Waals surface area contributed by atoms with Crippen LogP contribution in [0.1, 0.15) is 38.9 Å². The highest BCUT2D eigenvalue weighted by atomic mass is 16.6. The molecule has 0 bridgehead atoms. The highest BCUT2D eigenvalue weighted by Crippen LogP contribution is 2.39. The van der Waals surface area contributed by atoms with Crippen LogP contribution in [-0.2, 0) is 9.53 Å². The van der Waals surface area contributed by atoms with E-state index in [0.29, 0.717) is 5.56 Å². The van der Waals surface area contributed by atoms with Crippen molar-refractivity contribution in [2.24, 2.45) is 5.41 Å². The number of ether oxygens (including phenoxy) is 1. The molecule has 0 aromatic carbocycles. The summed E-state index contributed by atoms with van der Waals surface area (Å²) >= 11 is 0. The summed E-state index contributed by atoms with van der Waals surface area (Å²) in [7, 11) is 0. The molecule has 1 fully saturated rings. The molecule has 2 heterocycles. The molecule has 1 aromatic rings. The van der Waals surface area contributed by atoms with Crippen LogP contribution in [0.25, 0.3) is 0 Å². The van der Waals surface area contributed by atoms with Crippen LogP contribution in [0.5, 0.6) is 0 Å². The number of nitrogens with zero attached hydrogens (tertiary/aromatic N) is 2. The molecule has 7 heteroatoms. The first kappa shape index (κ1) is 15.5. The second-order valence-corrected chi connectivity index (χ2v) is 6.22. The van der Waals surface area contributed by atoms with Gasteiger partial charge < -0.3 is 9.84 Å². The van der Waals surface area contributed by atoms with E-state index in [2.05, 4.69) is 4.98 Å². The number of nitro groups is 1. The molecule has 0 radical (unpaired) electrons. The molecule has 0 amide bonds. The lowest BCUT2D eigenvalue weighted by Crippen LogP contribution is -2.49. The molecule has 114 valence electrons. The van der Waals surface area contributed by atoms with Gasteiger partial charge >= 0.3 is 0 Å². The second kappa shape index (κ2) is 5.50. The van der Waals surface area contributed by atoms with Crippen molar-refractivity contribution in [2.45, 2.75) is 45.5 Å². The number of pyridine rings is 1. The Labute approximate surface area is 122 Å². The Morgan fingerprint density at radius 3 is 2.71 bits per heavy atom. The van der Waals surface area contributed by atoms with Crippen molar-refractivity contribution in [1.29, 1.82) is 0 Å². The Balaban J connectivity index is 2.37. The SMILES string of the molecule is CC(C)(C)[C@H]1O[C@@H](c2ccncc2[N+](=O)[O-])CC(=O)[C@@H]1O. The van der Waals surface area contributed by atoms with Crippen molar-refractivity contribution in [2.75, 3.05) is 0 Å². The molecule has 1 aromatic heterocycles. The number of carbonyl (C=O) groups excluding carboxylic acids is 1. The molecular weight excluding hydrogens is 276 g/mol. The zero-order valence-electron chi connectivity index (χ0n) is 12.1. The lowest BCUT2D eigenvalue weighted by atomic mass is 9.81. The first-order chi connectivity index (χ1) is 9.71. The van der Waals surface area contributed by atoms with Crippen molar-refractivity contribution in [3.63, 3.8) is 0 Å². The fraction of sp³-hybridized carbons (Fsp3) is 0.571. The number of aliphatic hydroxyl groups excluding tert-OH is 1. The summed E-state index contributed by atoms with van der Waals surface area (Å²) in [6, 6.07) is 1.48. The fourth-order valence-electron chi connectivity index (χ4n) is 2.45. The van der Waals surface area contributed by atoms with E-state index in [1.54, 1.807) is 0 Å². The summed E-state index contributed by atoms with van der Waals surface area (Å²) in [5, 5.41) is 21.1. The van der Waals surface area contributed by atoms with Gasteiger partial charge in [-0.05, 0) is 11.5 Å². The Morgan fingerprint density at radius 1 is 1.48 bits per heavy atom. The minimum Gasteiger partial charge on any atom is -0.383 e. The van der Waals surface area contributed by atoms with E-state index in [1.807, 2.05) is 20.8 Å². The van der Waals surface area contributed by atoms with Crippen molar-refractivity contribution < 1.29 is 19.6 Å². The smallest absolute Gasteiger partial charge is 0.293 e. The summed E-state index contributed by atoms with van der Waals surface area (Å²) in [4.78, 5) is 26.2. The summed E-state index contributed by atoms with van der Waals surface area (Å²) in [6.45, 7) is 5.53.